The van der Waals surface area contributed by atoms with E-state index in [1.54, 1.807) is 7.11 Å². The van der Waals surface area contributed by atoms with Crippen LogP contribution in [-0.2, 0) is 4.74 Å². The number of urea groups is 1. The molecule has 18 heavy (non-hydrogen) atoms. The highest BCUT2D eigenvalue weighted by molar-refractivity contribution is 5.74. The van der Waals surface area contributed by atoms with E-state index in [0.717, 1.165) is 45.9 Å². The first kappa shape index (κ1) is 15.2. The Balaban J connectivity index is 2.15. The molecule has 0 spiro atoms. The molecule has 6 nitrogen and oxygen atoms in total. The number of carbonyl (C=O) groups is 1. The van der Waals surface area contributed by atoms with Gasteiger partial charge in [-0.05, 0) is 14.1 Å². The molecule has 1 heterocycles. The summed E-state index contributed by atoms with van der Waals surface area (Å²) >= 11 is 0. The minimum atomic E-state index is 0.0586. The maximum Gasteiger partial charge on any atom is 0.317 e. The number of likely N-dealkylation sites (N-methyl/N-ethyl adjacent to an activating group) is 1. The number of nitrogens with zero attached hydrogens (tertiary/aromatic N) is 3. The third kappa shape index (κ3) is 5.66. The maximum atomic E-state index is 11.9. The van der Waals surface area contributed by atoms with Crippen molar-refractivity contribution in [2.75, 3.05) is 73.6 Å². The van der Waals surface area contributed by atoms with Gasteiger partial charge in [-0.3, -0.25) is 4.90 Å². The highest BCUT2D eigenvalue weighted by Gasteiger charge is 2.20. The smallest absolute Gasteiger partial charge is 0.317 e. The third-order valence-electron chi connectivity index (χ3n) is 3.11. The molecule has 0 atom stereocenters. The van der Waals surface area contributed by atoms with E-state index in [0.29, 0.717) is 6.54 Å². The molecule has 1 aliphatic heterocycles. The molecular formula is C12H26N4O2. The second-order valence-corrected chi connectivity index (χ2v) is 4.86. The van der Waals surface area contributed by atoms with Crippen LogP contribution in [0.15, 0.2) is 0 Å². The lowest BCUT2D eigenvalue weighted by Gasteiger charge is -2.34. The number of hydrogen-bond acceptors (Lipinski definition) is 4. The SMILES string of the molecule is COCCN1CCN(C(=O)NCCN(C)C)CC1. The Morgan fingerprint density at radius 1 is 1.28 bits per heavy atom. The predicted octanol–water partition coefficient (Wildman–Crippen LogP) is -0.478. The van der Waals surface area contributed by atoms with Crippen molar-refractivity contribution < 1.29 is 9.53 Å². The third-order valence-corrected chi connectivity index (χ3v) is 3.11. The second-order valence-electron chi connectivity index (χ2n) is 4.86. The normalized spacial score (nSPS) is 17.2. The van der Waals surface area contributed by atoms with Gasteiger partial charge in [0, 0.05) is 52.9 Å². The van der Waals surface area contributed by atoms with E-state index < -0.39 is 0 Å². The van der Waals surface area contributed by atoms with E-state index in [-0.39, 0.29) is 6.03 Å². The summed E-state index contributed by atoms with van der Waals surface area (Å²) < 4.78 is 5.06. The van der Waals surface area contributed by atoms with E-state index in [2.05, 4.69) is 15.1 Å². The Labute approximate surface area is 110 Å². The number of hydrogen-bond donors (Lipinski definition) is 1. The van der Waals surface area contributed by atoms with Gasteiger partial charge >= 0.3 is 6.03 Å². The summed E-state index contributed by atoms with van der Waals surface area (Å²) in [5, 5.41) is 2.94. The Morgan fingerprint density at radius 2 is 1.94 bits per heavy atom. The van der Waals surface area contributed by atoms with Crippen LogP contribution in [0.1, 0.15) is 0 Å². The number of rotatable bonds is 6. The number of piperazine rings is 1. The van der Waals surface area contributed by atoms with Gasteiger partial charge in [-0.25, -0.2) is 4.79 Å². The monoisotopic (exact) mass is 258 g/mol. The van der Waals surface area contributed by atoms with E-state index in [1.165, 1.54) is 0 Å². The van der Waals surface area contributed by atoms with Crippen LogP contribution in [0.3, 0.4) is 0 Å². The average Bonchev–Trinajstić information content (AvgIpc) is 2.36. The van der Waals surface area contributed by atoms with Gasteiger partial charge in [0.1, 0.15) is 0 Å². The van der Waals surface area contributed by atoms with Gasteiger partial charge in [0.15, 0.2) is 0 Å². The van der Waals surface area contributed by atoms with Crippen LogP contribution in [0.25, 0.3) is 0 Å². The summed E-state index contributed by atoms with van der Waals surface area (Å²) in [6.45, 7) is 6.76. The second kappa shape index (κ2) is 8.29. The van der Waals surface area contributed by atoms with Crippen molar-refractivity contribution in [2.24, 2.45) is 0 Å². The molecule has 1 fully saturated rings. The highest BCUT2D eigenvalue weighted by Crippen LogP contribution is 2.01. The van der Waals surface area contributed by atoms with Gasteiger partial charge in [-0.1, -0.05) is 0 Å². The quantitative estimate of drug-likeness (QED) is 0.699. The Kier molecular flexibility index (Phi) is 7.00. The van der Waals surface area contributed by atoms with Crippen molar-refractivity contribution in [1.82, 2.24) is 20.0 Å². The molecule has 2 amide bonds. The molecule has 0 aromatic carbocycles. The summed E-state index contributed by atoms with van der Waals surface area (Å²) in [7, 11) is 5.72. The fourth-order valence-corrected chi connectivity index (χ4v) is 1.89. The van der Waals surface area contributed by atoms with Crippen molar-refractivity contribution in [3.8, 4) is 0 Å². The number of amides is 2. The fourth-order valence-electron chi connectivity index (χ4n) is 1.89. The van der Waals surface area contributed by atoms with Gasteiger partial charge in [-0.15, -0.1) is 0 Å². The minimum absolute atomic E-state index is 0.0586. The topological polar surface area (TPSA) is 48.1 Å². The van der Waals surface area contributed by atoms with Crippen molar-refractivity contribution >= 4 is 6.03 Å². The van der Waals surface area contributed by atoms with E-state index in [4.69, 9.17) is 4.74 Å². The summed E-state index contributed by atoms with van der Waals surface area (Å²) in [5.41, 5.74) is 0. The van der Waals surface area contributed by atoms with Crippen molar-refractivity contribution in [3.63, 3.8) is 0 Å². The molecule has 0 saturated carbocycles. The summed E-state index contributed by atoms with van der Waals surface area (Å²) in [6, 6.07) is 0.0586. The van der Waals surface area contributed by atoms with Crippen LogP contribution in [0, 0.1) is 0 Å². The van der Waals surface area contributed by atoms with Gasteiger partial charge in [0.05, 0.1) is 6.61 Å². The Bertz CT molecular complexity index is 240. The lowest BCUT2D eigenvalue weighted by molar-refractivity contribution is 0.106. The van der Waals surface area contributed by atoms with Crippen LogP contribution in [-0.4, -0.2) is 94.4 Å². The molecule has 106 valence electrons. The van der Waals surface area contributed by atoms with Crippen LogP contribution in [0.2, 0.25) is 0 Å². The first-order chi connectivity index (χ1) is 8.63. The Morgan fingerprint density at radius 3 is 2.50 bits per heavy atom. The number of nitrogens with one attached hydrogen (secondary N) is 1. The standard InChI is InChI=1S/C12H26N4O2/c1-14(2)5-4-13-12(17)16-8-6-15(7-9-16)10-11-18-3/h4-11H2,1-3H3,(H,13,17). The largest absolute Gasteiger partial charge is 0.383 e. The summed E-state index contributed by atoms with van der Waals surface area (Å²) in [5.74, 6) is 0. The molecule has 1 aliphatic rings. The molecule has 0 bridgehead atoms. The van der Waals surface area contributed by atoms with Gasteiger partial charge < -0.3 is 19.9 Å². The molecule has 0 radical (unpaired) electrons. The molecule has 1 saturated heterocycles. The average molecular weight is 258 g/mol. The zero-order chi connectivity index (χ0) is 13.4. The van der Waals surface area contributed by atoms with Crippen LogP contribution >= 0.6 is 0 Å². The van der Waals surface area contributed by atoms with Crippen LogP contribution < -0.4 is 5.32 Å². The molecule has 1 N–H and O–H groups in total. The first-order valence-electron chi connectivity index (χ1n) is 6.52. The van der Waals surface area contributed by atoms with E-state index in [9.17, 15) is 4.79 Å². The molecule has 0 unspecified atom stereocenters. The lowest BCUT2D eigenvalue weighted by atomic mass is 10.3. The van der Waals surface area contributed by atoms with Crippen molar-refractivity contribution in [1.29, 1.82) is 0 Å². The van der Waals surface area contributed by atoms with Crippen LogP contribution in [0.4, 0.5) is 4.79 Å². The molecule has 6 heteroatoms. The summed E-state index contributed by atoms with van der Waals surface area (Å²) in [6.07, 6.45) is 0. The van der Waals surface area contributed by atoms with Gasteiger partial charge in [0.2, 0.25) is 0 Å². The molecular weight excluding hydrogens is 232 g/mol. The zero-order valence-electron chi connectivity index (χ0n) is 11.8. The molecule has 1 rings (SSSR count). The van der Waals surface area contributed by atoms with Crippen LogP contribution in [0.5, 0.6) is 0 Å². The van der Waals surface area contributed by atoms with Crippen molar-refractivity contribution in [3.05, 3.63) is 0 Å². The number of ether oxygens (including phenoxy) is 1. The van der Waals surface area contributed by atoms with Gasteiger partial charge in [-0.2, -0.15) is 0 Å². The zero-order valence-corrected chi connectivity index (χ0v) is 11.8. The number of methoxy groups -OCH3 is 1. The highest BCUT2D eigenvalue weighted by atomic mass is 16.5. The predicted molar refractivity (Wildman–Crippen MR) is 71.8 cm³/mol. The fraction of sp³-hybridized carbons (Fsp3) is 0.917. The molecule has 0 aliphatic carbocycles. The van der Waals surface area contributed by atoms with Gasteiger partial charge in [0.25, 0.3) is 0 Å². The first-order valence-corrected chi connectivity index (χ1v) is 6.52. The van der Waals surface area contributed by atoms with Crippen molar-refractivity contribution in [2.45, 2.75) is 0 Å². The van der Waals surface area contributed by atoms with E-state index >= 15 is 0 Å². The maximum absolute atomic E-state index is 11.9. The molecule has 0 aromatic heterocycles. The summed E-state index contributed by atoms with van der Waals surface area (Å²) in [4.78, 5) is 18.1. The minimum Gasteiger partial charge on any atom is -0.383 e. The molecule has 0 aromatic rings. The lowest BCUT2D eigenvalue weighted by Crippen LogP contribution is -2.52. The Hall–Kier alpha value is -0.850. The number of carbonyl (C=O) groups excluding carboxylic acids is 1. The van der Waals surface area contributed by atoms with E-state index in [1.807, 2.05) is 19.0 Å².